The molecule has 0 spiro atoms. The second kappa shape index (κ2) is 5.48. The third kappa shape index (κ3) is 2.50. The Hall–Kier alpha value is -1.29. The van der Waals surface area contributed by atoms with Crippen LogP contribution in [0.15, 0.2) is 36.4 Å². The van der Waals surface area contributed by atoms with Crippen LogP contribution < -0.4 is 0 Å². The Morgan fingerprint density at radius 1 is 1.14 bits per heavy atom. The van der Waals surface area contributed by atoms with Gasteiger partial charge in [-0.15, -0.1) is 11.6 Å². The lowest BCUT2D eigenvalue weighted by Gasteiger charge is -2.12. The number of benzene rings is 2. The topological polar surface area (TPSA) is 17.8 Å². The highest BCUT2D eigenvalue weighted by molar-refractivity contribution is 6.32. The van der Waals surface area contributed by atoms with Crippen LogP contribution in [-0.4, -0.2) is 9.55 Å². The molecule has 0 saturated heterocycles. The Kier molecular flexibility index (Phi) is 3.82. The molecule has 0 radical (unpaired) electrons. The SMILES string of the molecule is CC(Cl)c1nc2cc(F)c(Cl)cc2n1-c1ccccc1Cl. The van der Waals surface area contributed by atoms with E-state index >= 15 is 0 Å². The van der Waals surface area contributed by atoms with Crippen LogP contribution in [0.2, 0.25) is 10.0 Å². The van der Waals surface area contributed by atoms with Crippen molar-refractivity contribution in [3.05, 3.63) is 58.1 Å². The molecule has 3 aromatic rings. The van der Waals surface area contributed by atoms with Crippen LogP contribution in [0.5, 0.6) is 0 Å². The normalized spacial score (nSPS) is 12.8. The molecule has 3 rings (SSSR count). The molecule has 0 bridgehead atoms. The molecule has 1 unspecified atom stereocenters. The molecule has 0 fully saturated rings. The van der Waals surface area contributed by atoms with Gasteiger partial charge in [0.1, 0.15) is 11.6 Å². The fourth-order valence-electron chi connectivity index (χ4n) is 2.24. The minimum absolute atomic E-state index is 0.0319. The highest BCUT2D eigenvalue weighted by atomic mass is 35.5. The molecule has 6 heteroatoms. The minimum atomic E-state index is -0.512. The average molecular weight is 344 g/mol. The van der Waals surface area contributed by atoms with Crippen LogP contribution >= 0.6 is 34.8 Å². The molecule has 21 heavy (non-hydrogen) atoms. The van der Waals surface area contributed by atoms with Gasteiger partial charge in [0.15, 0.2) is 0 Å². The number of imidazole rings is 1. The third-order valence-corrected chi connectivity index (χ3v) is 3.98. The molecule has 1 aromatic heterocycles. The van der Waals surface area contributed by atoms with E-state index in [-0.39, 0.29) is 10.4 Å². The van der Waals surface area contributed by atoms with E-state index in [4.69, 9.17) is 34.8 Å². The number of rotatable bonds is 2. The molecular weight excluding hydrogens is 334 g/mol. The summed E-state index contributed by atoms with van der Waals surface area (Å²) in [6, 6.07) is 10.2. The molecule has 108 valence electrons. The van der Waals surface area contributed by atoms with E-state index in [1.165, 1.54) is 12.1 Å². The van der Waals surface area contributed by atoms with Crippen LogP contribution in [0, 0.1) is 5.82 Å². The quantitative estimate of drug-likeness (QED) is 0.540. The Labute approximate surface area is 136 Å². The fourth-order valence-corrected chi connectivity index (χ4v) is 2.77. The number of halogens is 4. The van der Waals surface area contributed by atoms with Crippen molar-refractivity contribution in [2.75, 3.05) is 0 Å². The molecular formula is C15H10Cl3FN2. The van der Waals surface area contributed by atoms with Crippen molar-refractivity contribution < 1.29 is 4.39 Å². The van der Waals surface area contributed by atoms with Gasteiger partial charge in [-0.1, -0.05) is 35.3 Å². The molecule has 0 aliphatic heterocycles. The molecule has 2 nitrogen and oxygen atoms in total. The Morgan fingerprint density at radius 3 is 2.52 bits per heavy atom. The zero-order valence-corrected chi connectivity index (χ0v) is 13.2. The van der Waals surface area contributed by atoms with Gasteiger partial charge in [0.2, 0.25) is 0 Å². The summed E-state index contributed by atoms with van der Waals surface area (Å²) in [7, 11) is 0. The van der Waals surface area contributed by atoms with Crippen molar-refractivity contribution in [3.8, 4) is 5.69 Å². The van der Waals surface area contributed by atoms with E-state index in [0.717, 1.165) is 5.69 Å². The number of alkyl halides is 1. The van der Waals surface area contributed by atoms with Gasteiger partial charge in [-0.05, 0) is 25.1 Å². The van der Waals surface area contributed by atoms with Crippen molar-refractivity contribution in [3.63, 3.8) is 0 Å². The smallest absolute Gasteiger partial charge is 0.144 e. The first kappa shape index (κ1) is 14.6. The minimum Gasteiger partial charge on any atom is -0.293 e. The summed E-state index contributed by atoms with van der Waals surface area (Å²) in [6.45, 7) is 1.80. The van der Waals surface area contributed by atoms with Gasteiger partial charge in [-0.2, -0.15) is 0 Å². The fraction of sp³-hybridized carbons (Fsp3) is 0.133. The summed E-state index contributed by atoms with van der Waals surface area (Å²) in [6.07, 6.45) is 0. The van der Waals surface area contributed by atoms with Crippen LogP contribution in [0.3, 0.4) is 0 Å². The van der Waals surface area contributed by atoms with Gasteiger partial charge in [0.25, 0.3) is 0 Å². The van der Waals surface area contributed by atoms with E-state index < -0.39 is 5.82 Å². The standard InChI is InChI=1S/C15H10Cl3FN2/c1-8(16)15-20-12-7-11(19)10(18)6-14(12)21(15)13-5-3-2-4-9(13)17/h2-8H,1H3. The second-order valence-electron chi connectivity index (χ2n) is 4.63. The van der Waals surface area contributed by atoms with Gasteiger partial charge in [0.05, 0.1) is 32.1 Å². The first-order chi connectivity index (χ1) is 9.99. The van der Waals surface area contributed by atoms with Crippen molar-refractivity contribution in [1.29, 1.82) is 0 Å². The third-order valence-electron chi connectivity index (χ3n) is 3.17. The van der Waals surface area contributed by atoms with E-state index in [9.17, 15) is 4.39 Å². The second-order valence-corrected chi connectivity index (χ2v) is 6.10. The molecule has 0 amide bonds. The van der Waals surface area contributed by atoms with E-state index in [2.05, 4.69) is 4.98 Å². The number of nitrogens with zero attached hydrogens (tertiary/aromatic N) is 2. The van der Waals surface area contributed by atoms with Crippen molar-refractivity contribution in [2.45, 2.75) is 12.3 Å². The van der Waals surface area contributed by atoms with Crippen LogP contribution in [0.1, 0.15) is 18.1 Å². The average Bonchev–Trinajstić information content (AvgIpc) is 2.78. The van der Waals surface area contributed by atoms with Crippen molar-refractivity contribution in [2.24, 2.45) is 0 Å². The summed E-state index contributed by atoms with van der Waals surface area (Å²) in [4.78, 5) is 4.41. The monoisotopic (exact) mass is 342 g/mol. The number of hydrogen-bond donors (Lipinski definition) is 0. The van der Waals surface area contributed by atoms with Crippen LogP contribution in [0.25, 0.3) is 16.7 Å². The Morgan fingerprint density at radius 2 is 1.86 bits per heavy atom. The largest absolute Gasteiger partial charge is 0.293 e. The van der Waals surface area contributed by atoms with Crippen LogP contribution in [0.4, 0.5) is 4.39 Å². The number of hydrogen-bond acceptors (Lipinski definition) is 1. The number of aromatic nitrogens is 2. The van der Waals surface area contributed by atoms with Gasteiger partial charge in [-0.25, -0.2) is 9.37 Å². The molecule has 1 heterocycles. The molecule has 0 aliphatic carbocycles. The summed E-state index contributed by atoms with van der Waals surface area (Å²) in [5, 5.41) is 0.218. The maximum absolute atomic E-state index is 13.6. The summed E-state index contributed by atoms with van der Waals surface area (Å²) in [5.41, 5.74) is 1.88. The summed E-state index contributed by atoms with van der Waals surface area (Å²) >= 11 is 18.4. The predicted molar refractivity (Wildman–Crippen MR) is 85.3 cm³/mol. The molecule has 0 aliphatic rings. The summed E-state index contributed by atoms with van der Waals surface area (Å²) in [5.74, 6) is 0.0724. The van der Waals surface area contributed by atoms with Crippen molar-refractivity contribution >= 4 is 45.8 Å². The van der Waals surface area contributed by atoms with Gasteiger partial charge < -0.3 is 0 Å². The zero-order valence-electron chi connectivity index (χ0n) is 10.9. The number of para-hydroxylation sites is 1. The van der Waals surface area contributed by atoms with Gasteiger partial charge >= 0.3 is 0 Å². The van der Waals surface area contributed by atoms with E-state index in [0.29, 0.717) is 21.9 Å². The molecule has 0 N–H and O–H groups in total. The molecule has 0 saturated carbocycles. The van der Waals surface area contributed by atoms with E-state index in [1.54, 1.807) is 17.6 Å². The highest BCUT2D eigenvalue weighted by Gasteiger charge is 2.19. The zero-order chi connectivity index (χ0) is 15.1. The Balaban J connectivity index is 2.41. The highest BCUT2D eigenvalue weighted by Crippen LogP contribution is 2.33. The predicted octanol–water partition coefficient (Wildman–Crippen LogP) is 5.77. The molecule has 2 aromatic carbocycles. The molecule has 1 atom stereocenters. The number of fused-ring (bicyclic) bond motifs is 1. The van der Waals surface area contributed by atoms with Crippen LogP contribution in [-0.2, 0) is 0 Å². The van der Waals surface area contributed by atoms with Gasteiger partial charge in [0, 0.05) is 6.07 Å². The van der Waals surface area contributed by atoms with E-state index in [1.807, 2.05) is 18.2 Å². The lowest BCUT2D eigenvalue weighted by Crippen LogP contribution is -2.02. The maximum Gasteiger partial charge on any atom is 0.144 e. The summed E-state index contributed by atoms with van der Waals surface area (Å²) < 4.78 is 15.4. The lowest BCUT2D eigenvalue weighted by molar-refractivity contribution is 0.630. The Bertz CT molecular complexity index is 827. The first-order valence-corrected chi connectivity index (χ1v) is 7.44. The lowest BCUT2D eigenvalue weighted by atomic mass is 10.2. The first-order valence-electron chi connectivity index (χ1n) is 6.25. The van der Waals surface area contributed by atoms with Crippen molar-refractivity contribution in [1.82, 2.24) is 9.55 Å². The maximum atomic E-state index is 13.6. The van der Waals surface area contributed by atoms with Gasteiger partial charge in [-0.3, -0.25) is 4.57 Å².